The lowest BCUT2D eigenvalue weighted by Gasteiger charge is -2.09. The van der Waals surface area contributed by atoms with Gasteiger partial charge in [0.15, 0.2) is 5.78 Å². The molecular formula is C26H21N5O3. The normalized spacial score (nSPS) is 11.0. The van der Waals surface area contributed by atoms with E-state index in [2.05, 4.69) is 15.3 Å². The van der Waals surface area contributed by atoms with Crippen molar-refractivity contribution < 1.29 is 9.53 Å². The van der Waals surface area contributed by atoms with Crippen LogP contribution in [0.25, 0.3) is 28.3 Å². The zero-order valence-electron chi connectivity index (χ0n) is 18.5. The van der Waals surface area contributed by atoms with E-state index < -0.39 is 5.69 Å². The van der Waals surface area contributed by atoms with Gasteiger partial charge in [0.1, 0.15) is 18.0 Å². The van der Waals surface area contributed by atoms with Crippen LogP contribution in [0.5, 0.6) is 5.75 Å². The Bertz CT molecular complexity index is 1510. The second-order valence-corrected chi connectivity index (χ2v) is 7.59. The van der Waals surface area contributed by atoms with Crippen molar-refractivity contribution in [3.05, 3.63) is 101 Å². The first kappa shape index (κ1) is 21.3. The van der Waals surface area contributed by atoms with E-state index in [0.29, 0.717) is 29.3 Å². The molecule has 0 saturated heterocycles. The maximum atomic E-state index is 13.4. The van der Waals surface area contributed by atoms with Crippen molar-refractivity contribution in [1.29, 1.82) is 0 Å². The molecule has 0 fully saturated rings. The number of carbonyl (C=O) groups excluding carboxylic acids is 1. The van der Waals surface area contributed by atoms with Gasteiger partial charge < -0.3 is 4.74 Å². The van der Waals surface area contributed by atoms with Crippen LogP contribution in [0.2, 0.25) is 0 Å². The summed E-state index contributed by atoms with van der Waals surface area (Å²) in [4.78, 5) is 26.3. The van der Waals surface area contributed by atoms with Gasteiger partial charge in [-0.1, -0.05) is 60.7 Å². The highest BCUT2D eigenvalue weighted by atomic mass is 16.5. The average molecular weight is 451 g/mol. The number of aromatic nitrogens is 5. The Hall–Kier alpha value is -4.59. The lowest BCUT2D eigenvalue weighted by atomic mass is 10.0. The van der Waals surface area contributed by atoms with Crippen LogP contribution in [0.4, 0.5) is 0 Å². The van der Waals surface area contributed by atoms with Crippen LogP contribution in [0, 0.1) is 0 Å². The van der Waals surface area contributed by atoms with Gasteiger partial charge in [-0.25, -0.2) is 13.9 Å². The largest absolute Gasteiger partial charge is 0.494 e. The fraction of sp³-hybridized carbons (Fsp3) is 0.115. The van der Waals surface area contributed by atoms with Crippen LogP contribution in [-0.2, 0) is 6.54 Å². The van der Waals surface area contributed by atoms with E-state index in [-0.39, 0.29) is 18.1 Å². The van der Waals surface area contributed by atoms with Crippen LogP contribution in [0.15, 0.2) is 89.7 Å². The smallest absolute Gasteiger partial charge is 0.352 e. The summed E-state index contributed by atoms with van der Waals surface area (Å²) >= 11 is 0. The zero-order valence-corrected chi connectivity index (χ0v) is 18.5. The Labute approximate surface area is 195 Å². The summed E-state index contributed by atoms with van der Waals surface area (Å²) in [5.41, 5.74) is 2.74. The highest BCUT2D eigenvalue weighted by Crippen LogP contribution is 2.29. The number of rotatable bonds is 7. The Morgan fingerprint density at radius 2 is 1.50 bits per heavy atom. The third-order valence-electron chi connectivity index (χ3n) is 5.38. The molecule has 0 aliphatic rings. The van der Waals surface area contributed by atoms with E-state index in [4.69, 9.17) is 4.74 Å². The summed E-state index contributed by atoms with van der Waals surface area (Å²) in [6.07, 6.45) is 0. The molecular weight excluding hydrogens is 430 g/mol. The molecule has 0 spiro atoms. The molecule has 0 atom stereocenters. The Kier molecular flexibility index (Phi) is 5.70. The minimum Gasteiger partial charge on any atom is -0.494 e. The summed E-state index contributed by atoms with van der Waals surface area (Å²) < 4.78 is 7.97. The second-order valence-electron chi connectivity index (χ2n) is 7.59. The standard InChI is InChI=1S/C26H21N5O3/c1-2-34-21-15-13-18(14-16-21)22(32)17-30-26(33)31-24(20-11-7-4-8-12-20)23(27-28-25(31)29-30)19-9-5-3-6-10-19/h3-16H,2,17H2,1H3. The van der Waals surface area contributed by atoms with E-state index in [1.54, 1.807) is 24.3 Å². The van der Waals surface area contributed by atoms with Gasteiger partial charge >= 0.3 is 5.69 Å². The van der Waals surface area contributed by atoms with Crippen molar-refractivity contribution in [3.63, 3.8) is 0 Å². The van der Waals surface area contributed by atoms with Gasteiger partial charge in [0.05, 0.1) is 12.3 Å². The van der Waals surface area contributed by atoms with E-state index in [0.717, 1.165) is 15.8 Å². The molecule has 168 valence electrons. The Balaban J connectivity index is 1.60. The number of ketones is 1. The number of hydrogen-bond acceptors (Lipinski definition) is 6. The van der Waals surface area contributed by atoms with Crippen LogP contribution in [0.1, 0.15) is 17.3 Å². The minimum atomic E-state index is -0.458. The van der Waals surface area contributed by atoms with Gasteiger partial charge in [-0.05, 0) is 31.2 Å². The van der Waals surface area contributed by atoms with Crippen LogP contribution in [-0.4, -0.2) is 36.8 Å². The highest BCUT2D eigenvalue weighted by molar-refractivity contribution is 5.96. The number of nitrogens with zero attached hydrogens (tertiary/aromatic N) is 5. The van der Waals surface area contributed by atoms with E-state index in [1.807, 2.05) is 67.6 Å². The van der Waals surface area contributed by atoms with E-state index in [1.165, 1.54) is 4.40 Å². The second kappa shape index (κ2) is 9.11. The molecule has 0 aliphatic heterocycles. The summed E-state index contributed by atoms with van der Waals surface area (Å²) in [6.45, 7) is 2.22. The van der Waals surface area contributed by atoms with Crippen molar-refractivity contribution in [2.75, 3.05) is 6.61 Å². The van der Waals surface area contributed by atoms with E-state index in [9.17, 15) is 9.59 Å². The topological polar surface area (TPSA) is 91.4 Å². The first-order valence-corrected chi connectivity index (χ1v) is 10.9. The molecule has 0 bridgehead atoms. The third kappa shape index (κ3) is 3.97. The zero-order chi connectivity index (χ0) is 23.5. The molecule has 5 rings (SSSR count). The maximum absolute atomic E-state index is 13.4. The predicted molar refractivity (Wildman–Crippen MR) is 128 cm³/mol. The third-order valence-corrected chi connectivity index (χ3v) is 5.38. The molecule has 0 unspecified atom stereocenters. The number of ether oxygens (including phenoxy) is 1. The number of benzene rings is 3. The number of carbonyl (C=O) groups is 1. The number of fused-ring (bicyclic) bond motifs is 1. The van der Waals surface area contributed by atoms with Crippen molar-refractivity contribution >= 4 is 11.6 Å². The van der Waals surface area contributed by atoms with Crippen LogP contribution < -0.4 is 10.4 Å². The predicted octanol–water partition coefficient (Wildman–Crippen LogP) is 3.90. The molecule has 3 aromatic carbocycles. The van der Waals surface area contributed by atoms with Crippen molar-refractivity contribution in [1.82, 2.24) is 24.4 Å². The fourth-order valence-corrected chi connectivity index (χ4v) is 3.79. The van der Waals surface area contributed by atoms with Crippen LogP contribution in [0.3, 0.4) is 0 Å². The molecule has 0 aliphatic carbocycles. The molecule has 8 heteroatoms. The van der Waals surface area contributed by atoms with Gasteiger partial charge in [0.25, 0.3) is 5.78 Å². The van der Waals surface area contributed by atoms with Crippen molar-refractivity contribution in [3.8, 4) is 28.3 Å². The molecule has 0 N–H and O–H groups in total. The van der Waals surface area contributed by atoms with Crippen molar-refractivity contribution in [2.45, 2.75) is 13.5 Å². The van der Waals surface area contributed by atoms with Gasteiger partial charge in [-0.3, -0.25) is 4.79 Å². The van der Waals surface area contributed by atoms with Gasteiger partial charge in [0, 0.05) is 16.7 Å². The molecule has 2 aromatic heterocycles. The SMILES string of the molecule is CCOc1ccc(C(=O)Cn2nc3nnc(-c4ccccc4)c(-c4ccccc4)n3c2=O)cc1. The molecule has 2 heterocycles. The highest BCUT2D eigenvalue weighted by Gasteiger charge is 2.21. The molecule has 34 heavy (non-hydrogen) atoms. The monoisotopic (exact) mass is 451 g/mol. The van der Waals surface area contributed by atoms with Crippen LogP contribution >= 0.6 is 0 Å². The lowest BCUT2D eigenvalue weighted by Crippen LogP contribution is -2.26. The lowest BCUT2D eigenvalue weighted by molar-refractivity contribution is 0.0966. The van der Waals surface area contributed by atoms with E-state index >= 15 is 0 Å². The summed E-state index contributed by atoms with van der Waals surface area (Å²) in [6, 6.07) is 25.8. The minimum absolute atomic E-state index is 0.128. The molecule has 0 radical (unpaired) electrons. The summed E-state index contributed by atoms with van der Waals surface area (Å²) in [5, 5.41) is 12.9. The maximum Gasteiger partial charge on any atom is 0.352 e. The Morgan fingerprint density at radius 3 is 2.15 bits per heavy atom. The number of hydrogen-bond donors (Lipinski definition) is 0. The van der Waals surface area contributed by atoms with Gasteiger partial charge in [-0.15, -0.1) is 15.3 Å². The molecule has 0 saturated carbocycles. The molecule has 8 nitrogen and oxygen atoms in total. The van der Waals surface area contributed by atoms with Crippen molar-refractivity contribution in [2.24, 2.45) is 0 Å². The molecule has 0 amide bonds. The quantitative estimate of drug-likeness (QED) is 0.349. The average Bonchev–Trinajstić information content (AvgIpc) is 3.20. The number of Topliss-reactive ketones (excluding diaryl/α,β-unsaturated/α-hetero) is 1. The fourth-order valence-electron chi connectivity index (χ4n) is 3.79. The van der Waals surface area contributed by atoms with Gasteiger partial charge in [0.2, 0.25) is 0 Å². The first-order chi connectivity index (χ1) is 16.7. The van der Waals surface area contributed by atoms with Gasteiger partial charge in [-0.2, -0.15) is 0 Å². The summed E-state index contributed by atoms with van der Waals surface area (Å²) in [5.74, 6) is 0.564. The molecule has 5 aromatic rings. The first-order valence-electron chi connectivity index (χ1n) is 10.9. The summed E-state index contributed by atoms with van der Waals surface area (Å²) in [7, 11) is 0. The Morgan fingerprint density at radius 1 is 0.853 bits per heavy atom.